The van der Waals surface area contributed by atoms with Crippen LogP contribution in [0.3, 0.4) is 0 Å². The summed E-state index contributed by atoms with van der Waals surface area (Å²) >= 11 is 0. The maximum atomic E-state index is 12.5. The van der Waals surface area contributed by atoms with Crippen LogP contribution in [-0.2, 0) is 25.7 Å². The first-order chi connectivity index (χ1) is 11.1. The Morgan fingerprint density at radius 2 is 1.62 bits per heavy atom. The second-order valence-corrected chi connectivity index (χ2v) is 7.25. The molecule has 1 aromatic rings. The first kappa shape index (κ1) is 20.2. The van der Waals surface area contributed by atoms with Gasteiger partial charge in [0.05, 0.1) is 6.61 Å². The lowest BCUT2D eigenvalue weighted by molar-refractivity contribution is -0.164. The fourth-order valence-corrected chi connectivity index (χ4v) is 1.73. The van der Waals surface area contributed by atoms with Gasteiger partial charge in [0.1, 0.15) is 12.4 Å². The Morgan fingerprint density at radius 3 is 2.08 bits per heavy atom. The third kappa shape index (κ3) is 6.71. The monoisotopic (exact) mass is 336 g/mol. The van der Waals surface area contributed by atoms with E-state index in [1.807, 2.05) is 6.92 Å². The van der Waals surface area contributed by atoms with Gasteiger partial charge in [-0.1, -0.05) is 39.8 Å². The van der Waals surface area contributed by atoms with Gasteiger partial charge in [-0.3, -0.25) is 4.79 Å². The van der Waals surface area contributed by atoms with Gasteiger partial charge < -0.3 is 14.2 Å². The van der Waals surface area contributed by atoms with Gasteiger partial charge >= 0.3 is 11.9 Å². The maximum Gasteiger partial charge on any atom is 0.343 e. The molecular weight excluding hydrogens is 308 g/mol. The van der Waals surface area contributed by atoms with Crippen molar-refractivity contribution in [1.82, 2.24) is 0 Å². The summed E-state index contributed by atoms with van der Waals surface area (Å²) in [5, 5.41) is 0. The predicted octanol–water partition coefficient (Wildman–Crippen LogP) is 3.89. The van der Waals surface area contributed by atoms with Crippen LogP contribution in [0.2, 0.25) is 0 Å². The summed E-state index contributed by atoms with van der Waals surface area (Å²) in [7, 11) is 0. The highest BCUT2D eigenvalue weighted by molar-refractivity contribution is 5.81. The molecule has 0 radical (unpaired) electrons. The first-order valence-electron chi connectivity index (χ1n) is 8.14. The van der Waals surface area contributed by atoms with Crippen molar-refractivity contribution in [3.05, 3.63) is 29.8 Å². The minimum absolute atomic E-state index is 0.0327. The maximum absolute atomic E-state index is 12.5. The van der Waals surface area contributed by atoms with E-state index in [4.69, 9.17) is 14.2 Å². The zero-order chi connectivity index (χ0) is 18.4. The van der Waals surface area contributed by atoms with Crippen molar-refractivity contribution in [1.29, 1.82) is 0 Å². The first-order valence-corrected chi connectivity index (χ1v) is 8.14. The van der Waals surface area contributed by atoms with E-state index in [9.17, 15) is 9.59 Å². The molecule has 0 aliphatic rings. The molecule has 0 aliphatic carbocycles. The molecule has 0 saturated heterocycles. The van der Waals surface area contributed by atoms with E-state index in [-0.39, 0.29) is 18.0 Å². The van der Waals surface area contributed by atoms with Crippen LogP contribution in [-0.4, -0.2) is 24.1 Å². The number of rotatable bonds is 7. The predicted molar refractivity (Wildman–Crippen MR) is 91.7 cm³/mol. The van der Waals surface area contributed by atoms with E-state index >= 15 is 0 Å². The molecule has 0 bridgehead atoms. The SMILES string of the molecule is CCC(C)(OCC(C)(C)C)C(=O)Oc1ccc(COC(C)=O)cc1. The minimum Gasteiger partial charge on any atom is -0.461 e. The number of ether oxygens (including phenoxy) is 3. The van der Waals surface area contributed by atoms with Crippen molar-refractivity contribution < 1.29 is 23.8 Å². The molecule has 0 fully saturated rings. The fourth-order valence-electron chi connectivity index (χ4n) is 1.73. The molecule has 0 spiro atoms. The van der Waals surface area contributed by atoms with Crippen LogP contribution in [0.25, 0.3) is 0 Å². The molecule has 1 atom stereocenters. The molecule has 5 nitrogen and oxygen atoms in total. The van der Waals surface area contributed by atoms with E-state index < -0.39 is 11.6 Å². The molecule has 1 aromatic carbocycles. The Bertz CT molecular complexity index is 556. The van der Waals surface area contributed by atoms with Crippen LogP contribution in [0.5, 0.6) is 5.75 Å². The van der Waals surface area contributed by atoms with Crippen molar-refractivity contribution in [3.8, 4) is 5.75 Å². The van der Waals surface area contributed by atoms with Gasteiger partial charge in [-0.05, 0) is 36.5 Å². The Morgan fingerprint density at radius 1 is 1.04 bits per heavy atom. The van der Waals surface area contributed by atoms with Crippen LogP contribution in [0.4, 0.5) is 0 Å². The van der Waals surface area contributed by atoms with Gasteiger partial charge in [-0.2, -0.15) is 0 Å². The zero-order valence-electron chi connectivity index (χ0n) is 15.5. The lowest BCUT2D eigenvalue weighted by atomic mass is 9.97. The highest BCUT2D eigenvalue weighted by Gasteiger charge is 2.35. The molecule has 0 aromatic heterocycles. The number of hydrogen-bond donors (Lipinski definition) is 0. The van der Waals surface area contributed by atoms with Gasteiger partial charge in [0.2, 0.25) is 0 Å². The van der Waals surface area contributed by atoms with Crippen LogP contribution in [0.15, 0.2) is 24.3 Å². The average molecular weight is 336 g/mol. The number of carbonyl (C=O) groups is 2. The van der Waals surface area contributed by atoms with E-state index in [0.717, 1.165) is 5.56 Å². The Kier molecular flexibility index (Phi) is 6.96. The summed E-state index contributed by atoms with van der Waals surface area (Å²) in [6, 6.07) is 6.86. The molecule has 0 saturated carbocycles. The number of esters is 2. The minimum atomic E-state index is -0.982. The molecule has 1 rings (SSSR count). The normalized spacial score (nSPS) is 13.9. The number of benzene rings is 1. The average Bonchev–Trinajstić information content (AvgIpc) is 2.51. The molecule has 0 N–H and O–H groups in total. The van der Waals surface area contributed by atoms with Crippen LogP contribution >= 0.6 is 0 Å². The Hall–Kier alpha value is -1.88. The highest BCUT2D eigenvalue weighted by atomic mass is 16.6. The van der Waals surface area contributed by atoms with Gasteiger partial charge in [-0.25, -0.2) is 4.79 Å². The summed E-state index contributed by atoms with van der Waals surface area (Å²) in [6.07, 6.45) is 0.520. The van der Waals surface area contributed by atoms with Crippen molar-refractivity contribution in [2.24, 2.45) is 5.41 Å². The van der Waals surface area contributed by atoms with Gasteiger partial charge in [0.15, 0.2) is 5.60 Å². The molecule has 24 heavy (non-hydrogen) atoms. The molecule has 0 heterocycles. The lowest BCUT2D eigenvalue weighted by Crippen LogP contribution is -2.43. The molecule has 134 valence electrons. The number of hydrogen-bond acceptors (Lipinski definition) is 5. The Balaban J connectivity index is 2.69. The van der Waals surface area contributed by atoms with Crippen molar-refractivity contribution in [2.75, 3.05) is 6.61 Å². The largest absolute Gasteiger partial charge is 0.461 e. The summed E-state index contributed by atoms with van der Waals surface area (Å²) in [5.41, 5.74) is -0.189. The van der Waals surface area contributed by atoms with E-state index in [2.05, 4.69) is 20.8 Å². The summed E-state index contributed by atoms with van der Waals surface area (Å²) in [5.74, 6) is -0.312. The van der Waals surface area contributed by atoms with E-state index in [1.54, 1.807) is 31.2 Å². The van der Waals surface area contributed by atoms with Crippen molar-refractivity contribution >= 4 is 11.9 Å². The van der Waals surface area contributed by atoms with E-state index in [1.165, 1.54) is 6.92 Å². The number of carbonyl (C=O) groups excluding carboxylic acids is 2. The molecule has 0 aliphatic heterocycles. The lowest BCUT2D eigenvalue weighted by Gasteiger charge is -2.30. The van der Waals surface area contributed by atoms with Gasteiger partial charge in [0.25, 0.3) is 0 Å². The summed E-state index contributed by atoms with van der Waals surface area (Å²) in [6.45, 7) is 11.8. The summed E-state index contributed by atoms with van der Waals surface area (Å²) in [4.78, 5) is 23.3. The third-order valence-corrected chi connectivity index (χ3v) is 3.51. The van der Waals surface area contributed by atoms with Crippen LogP contribution in [0, 0.1) is 5.41 Å². The molecule has 1 unspecified atom stereocenters. The molecule has 0 amide bonds. The van der Waals surface area contributed by atoms with Crippen molar-refractivity contribution in [2.45, 2.75) is 60.2 Å². The smallest absolute Gasteiger partial charge is 0.343 e. The molecular formula is C19H28O5. The summed E-state index contributed by atoms with van der Waals surface area (Å²) < 4.78 is 16.2. The van der Waals surface area contributed by atoms with Crippen LogP contribution < -0.4 is 4.74 Å². The van der Waals surface area contributed by atoms with Crippen LogP contribution in [0.1, 0.15) is 53.5 Å². The van der Waals surface area contributed by atoms with E-state index in [0.29, 0.717) is 18.8 Å². The second kappa shape index (κ2) is 8.29. The quantitative estimate of drug-likeness (QED) is 0.558. The third-order valence-electron chi connectivity index (χ3n) is 3.51. The fraction of sp³-hybridized carbons (Fsp3) is 0.579. The zero-order valence-corrected chi connectivity index (χ0v) is 15.5. The van der Waals surface area contributed by atoms with Gasteiger partial charge in [-0.15, -0.1) is 0 Å². The topological polar surface area (TPSA) is 61.8 Å². The van der Waals surface area contributed by atoms with Crippen molar-refractivity contribution in [3.63, 3.8) is 0 Å². The second-order valence-electron chi connectivity index (χ2n) is 7.25. The van der Waals surface area contributed by atoms with Gasteiger partial charge in [0, 0.05) is 6.92 Å². The Labute approximate surface area is 144 Å². The molecule has 5 heteroatoms. The highest BCUT2D eigenvalue weighted by Crippen LogP contribution is 2.24. The standard InChI is InChI=1S/C19H28O5/c1-7-19(6,23-13-18(3,4)5)17(21)24-16-10-8-15(9-11-16)12-22-14(2)20/h8-11H,7,12-13H2,1-6H3.